The number of non-ortho nitro benzene ring substituents is 1. The highest BCUT2D eigenvalue weighted by atomic mass is 32.2. The summed E-state index contributed by atoms with van der Waals surface area (Å²) >= 11 is 0. The summed E-state index contributed by atoms with van der Waals surface area (Å²) in [7, 11) is 0.412. The molecule has 0 aliphatic rings. The van der Waals surface area contributed by atoms with Gasteiger partial charge in [0.25, 0.3) is 5.69 Å². The number of nitrogens with one attached hydrogen (secondary N) is 1. The van der Waals surface area contributed by atoms with Gasteiger partial charge in [0, 0.05) is 31.9 Å². The SMILES string of the molecule is COc1ccc(Nc2ccc([N+](=O)[O-])cc2C#N)cc1S(=O)(=O)N(C)C. The van der Waals surface area contributed by atoms with Crippen molar-refractivity contribution < 1.29 is 18.1 Å². The molecule has 0 amide bonds. The van der Waals surface area contributed by atoms with Crippen molar-refractivity contribution in [3.63, 3.8) is 0 Å². The lowest BCUT2D eigenvalue weighted by Gasteiger charge is -2.16. The average Bonchev–Trinajstić information content (AvgIpc) is 2.61. The van der Waals surface area contributed by atoms with E-state index in [4.69, 9.17) is 4.74 Å². The Hall–Kier alpha value is -3.16. The predicted molar refractivity (Wildman–Crippen MR) is 95.0 cm³/mol. The Labute approximate surface area is 150 Å². The predicted octanol–water partition coefficient (Wildman–Crippen LogP) is 2.47. The minimum absolute atomic E-state index is 0.0459. The average molecular weight is 376 g/mol. The Morgan fingerprint density at radius 2 is 1.92 bits per heavy atom. The number of hydrogen-bond donors (Lipinski definition) is 1. The number of nitrogens with zero attached hydrogens (tertiary/aromatic N) is 3. The lowest BCUT2D eigenvalue weighted by molar-refractivity contribution is -0.384. The Bertz CT molecular complexity index is 996. The van der Waals surface area contributed by atoms with Gasteiger partial charge >= 0.3 is 0 Å². The molecule has 0 aromatic heterocycles. The number of hydrogen-bond acceptors (Lipinski definition) is 7. The topological polar surface area (TPSA) is 126 Å². The van der Waals surface area contributed by atoms with Gasteiger partial charge in [-0.1, -0.05) is 0 Å². The molecule has 2 rings (SSSR count). The number of nitro benzene ring substituents is 1. The van der Waals surface area contributed by atoms with E-state index in [1.807, 2.05) is 6.07 Å². The number of methoxy groups -OCH3 is 1. The first-order valence-corrected chi connectivity index (χ1v) is 8.71. The van der Waals surface area contributed by atoms with Gasteiger partial charge in [0.1, 0.15) is 16.7 Å². The van der Waals surface area contributed by atoms with Gasteiger partial charge in [-0.2, -0.15) is 5.26 Å². The van der Waals surface area contributed by atoms with Crippen LogP contribution in [-0.2, 0) is 10.0 Å². The van der Waals surface area contributed by atoms with E-state index in [0.717, 1.165) is 10.4 Å². The molecule has 0 saturated carbocycles. The molecule has 0 spiro atoms. The summed E-state index contributed by atoms with van der Waals surface area (Å²) in [6.45, 7) is 0. The van der Waals surface area contributed by atoms with Crippen molar-refractivity contribution >= 4 is 27.1 Å². The molecule has 0 unspecified atom stereocenters. The fraction of sp³-hybridized carbons (Fsp3) is 0.188. The fourth-order valence-electron chi connectivity index (χ4n) is 2.16. The summed E-state index contributed by atoms with van der Waals surface area (Å²) in [5.74, 6) is 0.174. The lowest BCUT2D eigenvalue weighted by atomic mass is 10.1. The Morgan fingerprint density at radius 1 is 1.23 bits per heavy atom. The number of rotatable bonds is 6. The smallest absolute Gasteiger partial charge is 0.270 e. The van der Waals surface area contributed by atoms with E-state index >= 15 is 0 Å². The molecule has 9 nitrogen and oxygen atoms in total. The van der Waals surface area contributed by atoms with Gasteiger partial charge in [-0.05, 0) is 24.3 Å². The molecule has 26 heavy (non-hydrogen) atoms. The zero-order chi connectivity index (χ0) is 19.5. The molecule has 0 atom stereocenters. The third-order valence-electron chi connectivity index (χ3n) is 3.54. The molecular weight excluding hydrogens is 360 g/mol. The summed E-state index contributed by atoms with van der Waals surface area (Å²) in [5, 5.41) is 22.9. The summed E-state index contributed by atoms with van der Waals surface area (Å²) in [5.41, 5.74) is 0.554. The number of nitro groups is 1. The van der Waals surface area contributed by atoms with E-state index in [9.17, 15) is 23.8 Å². The molecule has 136 valence electrons. The van der Waals surface area contributed by atoms with Gasteiger partial charge in [-0.3, -0.25) is 10.1 Å². The first-order valence-electron chi connectivity index (χ1n) is 7.27. The van der Waals surface area contributed by atoms with Crippen LogP contribution in [-0.4, -0.2) is 38.9 Å². The molecule has 0 radical (unpaired) electrons. The molecule has 0 bridgehead atoms. The maximum Gasteiger partial charge on any atom is 0.270 e. The van der Waals surface area contributed by atoms with Gasteiger partial charge in [0.05, 0.1) is 23.3 Å². The van der Waals surface area contributed by atoms with Gasteiger partial charge in [-0.25, -0.2) is 12.7 Å². The number of nitriles is 1. The van der Waals surface area contributed by atoms with Crippen LogP contribution >= 0.6 is 0 Å². The van der Waals surface area contributed by atoms with E-state index in [1.165, 1.54) is 45.5 Å². The zero-order valence-electron chi connectivity index (χ0n) is 14.3. The Morgan fingerprint density at radius 3 is 2.46 bits per heavy atom. The van der Waals surface area contributed by atoms with Crippen LogP contribution in [0, 0.1) is 21.4 Å². The van der Waals surface area contributed by atoms with E-state index in [1.54, 1.807) is 6.07 Å². The highest BCUT2D eigenvalue weighted by Gasteiger charge is 2.23. The molecule has 0 heterocycles. The highest BCUT2D eigenvalue weighted by Crippen LogP contribution is 2.31. The molecule has 0 aliphatic carbocycles. The van der Waals surface area contributed by atoms with Crippen LogP contribution in [0.3, 0.4) is 0 Å². The first-order chi connectivity index (χ1) is 12.2. The number of benzene rings is 2. The third kappa shape index (κ3) is 3.74. The van der Waals surface area contributed by atoms with Gasteiger partial charge in [0.2, 0.25) is 10.0 Å². The maximum atomic E-state index is 12.4. The molecule has 0 aliphatic heterocycles. The molecular formula is C16H16N4O5S. The largest absolute Gasteiger partial charge is 0.495 e. The van der Waals surface area contributed by atoms with E-state index in [-0.39, 0.29) is 21.9 Å². The third-order valence-corrected chi connectivity index (χ3v) is 5.37. The summed E-state index contributed by atoms with van der Waals surface area (Å²) in [4.78, 5) is 10.2. The van der Waals surface area contributed by atoms with Crippen molar-refractivity contribution in [1.29, 1.82) is 5.26 Å². The fourth-order valence-corrected chi connectivity index (χ4v) is 3.23. The summed E-state index contributed by atoms with van der Waals surface area (Å²) < 4.78 is 31.1. The lowest BCUT2D eigenvalue weighted by Crippen LogP contribution is -2.22. The van der Waals surface area contributed by atoms with Crippen LogP contribution in [0.2, 0.25) is 0 Å². The first kappa shape index (κ1) is 19.2. The number of ether oxygens (including phenoxy) is 1. The van der Waals surface area contributed by atoms with Crippen molar-refractivity contribution in [3.05, 3.63) is 52.1 Å². The number of sulfonamides is 1. The quantitative estimate of drug-likeness (QED) is 0.606. The second-order valence-corrected chi connectivity index (χ2v) is 7.50. The summed E-state index contributed by atoms with van der Waals surface area (Å²) in [6, 6.07) is 10.1. The van der Waals surface area contributed by atoms with Crippen LogP contribution < -0.4 is 10.1 Å². The van der Waals surface area contributed by atoms with Crippen LogP contribution in [0.15, 0.2) is 41.3 Å². The van der Waals surface area contributed by atoms with Crippen molar-refractivity contribution in [2.45, 2.75) is 4.90 Å². The van der Waals surface area contributed by atoms with Crippen LogP contribution in [0.25, 0.3) is 0 Å². The van der Waals surface area contributed by atoms with Crippen LogP contribution in [0.4, 0.5) is 17.1 Å². The van der Waals surface area contributed by atoms with E-state index in [2.05, 4.69) is 5.32 Å². The second-order valence-electron chi connectivity index (χ2n) is 5.38. The molecule has 0 fully saturated rings. The normalized spacial score (nSPS) is 11.0. The summed E-state index contributed by atoms with van der Waals surface area (Å²) in [6.07, 6.45) is 0. The standard InChI is InChI=1S/C16H16N4O5S/c1-19(2)26(23,24)16-9-12(4-7-15(16)25-3)18-14-6-5-13(20(21)22)8-11(14)10-17/h4-9,18H,1-3H3. The van der Waals surface area contributed by atoms with Crippen molar-refractivity contribution in [1.82, 2.24) is 4.31 Å². The van der Waals surface area contributed by atoms with E-state index in [0.29, 0.717) is 11.4 Å². The minimum atomic E-state index is -3.75. The van der Waals surface area contributed by atoms with Gasteiger partial charge in [0.15, 0.2) is 0 Å². The number of anilines is 2. The monoisotopic (exact) mass is 376 g/mol. The van der Waals surface area contributed by atoms with Crippen LogP contribution in [0.1, 0.15) is 5.56 Å². The van der Waals surface area contributed by atoms with Gasteiger partial charge < -0.3 is 10.1 Å². The maximum absolute atomic E-state index is 12.4. The molecule has 2 aromatic carbocycles. The van der Waals surface area contributed by atoms with Crippen LogP contribution in [0.5, 0.6) is 5.75 Å². The molecule has 1 N–H and O–H groups in total. The van der Waals surface area contributed by atoms with Gasteiger partial charge in [-0.15, -0.1) is 0 Å². The van der Waals surface area contributed by atoms with Crippen molar-refractivity contribution in [3.8, 4) is 11.8 Å². The van der Waals surface area contributed by atoms with E-state index < -0.39 is 14.9 Å². The molecule has 10 heteroatoms. The molecule has 0 saturated heterocycles. The van der Waals surface area contributed by atoms with Crippen molar-refractivity contribution in [2.75, 3.05) is 26.5 Å². The zero-order valence-corrected chi connectivity index (χ0v) is 15.1. The van der Waals surface area contributed by atoms with Crippen molar-refractivity contribution in [2.24, 2.45) is 0 Å². The highest BCUT2D eigenvalue weighted by molar-refractivity contribution is 7.89. The second kappa shape index (κ2) is 7.38. The Kier molecular flexibility index (Phi) is 5.44. The minimum Gasteiger partial charge on any atom is -0.495 e. The Balaban J connectivity index is 2.49. The molecule has 2 aromatic rings.